The molecule has 2 aromatic heterocycles. The lowest BCUT2D eigenvalue weighted by molar-refractivity contribution is 0.112. The summed E-state index contributed by atoms with van der Waals surface area (Å²) >= 11 is 0. The SMILES string of the molecule is O=Cc1ccn(Cc2ccncc2)c1. The van der Waals surface area contributed by atoms with Crippen molar-refractivity contribution >= 4 is 6.29 Å². The molecule has 0 aliphatic heterocycles. The first-order valence-corrected chi connectivity index (χ1v) is 4.38. The summed E-state index contributed by atoms with van der Waals surface area (Å²) in [6.07, 6.45) is 8.10. The fraction of sp³-hybridized carbons (Fsp3) is 0.0909. The highest BCUT2D eigenvalue weighted by Crippen LogP contribution is 2.03. The average Bonchev–Trinajstić information content (AvgIpc) is 2.67. The molecule has 0 saturated heterocycles. The lowest BCUT2D eigenvalue weighted by Gasteiger charge is -2.01. The molecule has 0 aromatic carbocycles. The van der Waals surface area contributed by atoms with Gasteiger partial charge in [0.25, 0.3) is 0 Å². The molecule has 0 bridgehead atoms. The molecule has 0 aliphatic rings. The van der Waals surface area contributed by atoms with Crippen molar-refractivity contribution in [2.24, 2.45) is 0 Å². The predicted molar refractivity (Wildman–Crippen MR) is 53.2 cm³/mol. The number of carbonyl (C=O) groups is 1. The average molecular weight is 186 g/mol. The third-order valence-corrected chi connectivity index (χ3v) is 2.02. The maximum absolute atomic E-state index is 10.4. The van der Waals surface area contributed by atoms with E-state index in [1.54, 1.807) is 18.5 Å². The highest BCUT2D eigenvalue weighted by Gasteiger charge is 1.96. The van der Waals surface area contributed by atoms with Crippen LogP contribution in [0.4, 0.5) is 0 Å². The van der Waals surface area contributed by atoms with Crippen LogP contribution in [0.2, 0.25) is 0 Å². The molecule has 0 atom stereocenters. The van der Waals surface area contributed by atoms with Gasteiger partial charge in [0.15, 0.2) is 6.29 Å². The highest BCUT2D eigenvalue weighted by atomic mass is 16.1. The first kappa shape index (κ1) is 8.69. The van der Waals surface area contributed by atoms with E-state index < -0.39 is 0 Å². The Kier molecular flexibility index (Phi) is 2.40. The van der Waals surface area contributed by atoms with Crippen LogP contribution in [0.3, 0.4) is 0 Å². The third kappa shape index (κ3) is 1.88. The fourth-order valence-electron chi connectivity index (χ4n) is 1.33. The van der Waals surface area contributed by atoms with Crippen LogP contribution in [0.15, 0.2) is 43.0 Å². The fourth-order valence-corrected chi connectivity index (χ4v) is 1.33. The minimum atomic E-state index is 0.707. The minimum Gasteiger partial charge on any atom is -0.349 e. The number of nitrogens with zero attached hydrogens (tertiary/aromatic N) is 2. The summed E-state index contributed by atoms with van der Waals surface area (Å²) in [7, 11) is 0. The Morgan fingerprint density at radius 2 is 2.07 bits per heavy atom. The molecular formula is C11H10N2O. The summed E-state index contributed by atoms with van der Waals surface area (Å²) < 4.78 is 1.97. The quantitative estimate of drug-likeness (QED) is 0.684. The topological polar surface area (TPSA) is 34.9 Å². The van der Waals surface area contributed by atoms with Crippen molar-refractivity contribution in [1.29, 1.82) is 0 Å². The molecular weight excluding hydrogens is 176 g/mol. The van der Waals surface area contributed by atoms with Crippen molar-refractivity contribution < 1.29 is 4.79 Å². The summed E-state index contributed by atoms with van der Waals surface area (Å²) in [6.45, 7) is 0.774. The van der Waals surface area contributed by atoms with Crippen molar-refractivity contribution in [3.63, 3.8) is 0 Å². The third-order valence-electron chi connectivity index (χ3n) is 2.02. The number of rotatable bonds is 3. The van der Waals surface area contributed by atoms with Gasteiger partial charge in [-0.25, -0.2) is 0 Å². The van der Waals surface area contributed by atoms with Gasteiger partial charge >= 0.3 is 0 Å². The van der Waals surface area contributed by atoms with Gasteiger partial charge in [-0.3, -0.25) is 9.78 Å². The van der Waals surface area contributed by atoms with E-state index in [-0.39, 0.29) is 0 Å². The maximum Gasteiger partial charge on any atom is 0.151 e. The van der Waals surface area contributed by atoms with Crippen LogP contribution in [0.25, 0.3) is 0 Å². The molecule has 0 amide bonds. The summed E-state index contributed by atoms with van der Waals surface area (Å²) in [4.78, 5) is 14.4. The highest BCUT2D eigenvalue weighted by molar-refractivity contribution is 5.74. The number of hydrogen-bond donors (Lipinski definition) is 0. The maximum atomic E-state index is 10.4. The normalized spacial score (nSPS) is 10.0. The van der Waals surface area contributed by atoms with Gasteiger partial charge in [0.2, 0.25) is 0 Å². The second-order valence-corrected chi connectivity index (χ2v) is 3.09. The molecule has 0 spiro atoms. The Labute approximate surface area is 82.0 Å². The van der Waals surface area contributed by atoms with Gasteiger partial charge in [0.05, 0.1) is 0 Å². The summed E-state index contributed by atoms with van der Waals surface area (Å²) in [5, 5.41) is 0. The van der Waals surface area contributed by atoms with Crippen LogP contribution in [0.1, 0.15) is 15.9 Å². The molecule has 0 unspecified atom stereocenters. The second-order valence-electron chi connectivity index (χ2n) is 3.09. The Bertz CT molecular complexity index is 420. The Balaban J connectivity index is 2.15. The first-order valence-electron chi connectivity index (χ1n) is 4.38. The molecule has 0 fully saturated rings. The van der Waals surface area contributed by atoms with Crippen LogP contribution in [-0.2, 0) is 6.54 Å². The van der Waals surface area contributed by atoms with E-state index in [0.717, 1.165) is 12.8 Å². The van der Waals surface area contributed by atoms with Crippen molar-refractivity contribution in [1.82, 2.24) is 9.55 Å². The van der Waals surface area contributed by atoms with Gasteiger partial charge < -0.3 is 4.57 Å². The molecule has 0 N–H and O–H groups in total. The molecule has 14 heavy (non-hydrogen) atoms. The van der Waals surface area contributed by atoms with Gasteiger partial charge in [-0.2, -0.15) is 0 Å². The van der Waals surface area contributed by atoms with Gasteiger partial charge in [-0.05, 0) is 23.8 Å². The van der Waals surface area contributed by atoms with E-state index in [1.165, 1.54) is 5.56 Å². The molecule has 0 saturated carbocycles. The first-order chi connectivity index (χ1) is 6.88. The zero-order chi connectivity index (χ0) is 9.80. The minimum absolute atomic E-state index is 0.707. The molecule has 3 nitrogen and oxygen atoms in total. The molecule has 0 radical (unpaired) electrons. The summed E-state index contributed by atoms with van der Waals surface area (Å²) in [5.74, 6) is 0. The van der Waals surface area contributed by atoms with Crippen molar-refractivity contribution in [2.45, 2.75) is 6.54 Å². The van der Waals surface area contributed by atoms with Crippen LogP contribution < -0.4 is 0 Å². The van der Waals surface area contributed by atoms with E-state index in [4.69, 9.17) is 0 Å². The van der Waals surface area contributed by atoms with E-state index >= 15 is 0 Å². The molecule has 0 aliphatic carbocycles. The number of pyridine rings is 1. The molecule has 2 heterocycles. The number of carbonyl (C=O) groups excluding carboxylic acids is 1. The van der Waals surface area contributed by atoms with Crippen LogP contribution in [0, 0.1) is 0 Å². The van der Waals surface area contributed by atoms with Crippen molar-refractivity contribution in [2.75, 3.05) is 0 Å². The molecule has 3 heteroatoms. The van der Waals surface area contributed by atoms with Crippen LogP contribution >= 0.6 is 0 Å². The van der Waals surface area contributed by atoms with E-state index in [0.29, 0.717) is 5.56 Å². The Morgan fingerprint density at radius 1 is 1.29 bits per heavy atom. The van der Waals surface area contributed by atoms with Crippen molar-refractivity contribution in [3.05, 3.63) is 54.1 Å². The molecule has 2 aromatic rings. The van der Waals surface area contributed by atoms with Crippen LogP contribution in [-0.4, -0.2) is 15.8 Å². The van der Waals surface area contributed by atoms with Gasteiger partial charge in [-0.1, -0.05) is 0 Å². The standard InChI is InChI=1S/C11H10N2O/c14-9-11-3-6-13(8-11)7-10-1-4-12-5-2-10/h1-6,8-9H,7H2. The monoisotopic (exact) mass is 186 g/mol. The lowest BCUT2D eigenvalue weighted by Crippen LogP contribution is -1.95. The zero-order valence-electron chi connectivity index (χ0n) is 7.63. The van der Waals surface area contributed by atoms with E-state index in [2.05, 4.69) is 4.98 Å². The smallest absolute Gasteiger partial charge is 0.151 e. The number of aldehydes is 1. The largest absolute Gasteiger partial charge is 0.349 e. The summed E-state index contributed by atoms with van der Waals surface area (Å²) in [6, 6.07) is 5.72. The van der Waals surface area contributed by atoms with Gasteiger partial charge in [-0.15, -0.1) is 0 Å². The van der Waals surface area contributed by atoms with E-state index in [1.807, 2.05) is 29.1 Å². The van der Waals surface area contributed by atoms with E-state index in [9.17, 15) is 4.79 Å². The Hall–Kier alpha value is -1.90. The van der Waals surface area contributed by atoms with Gasteiger partial charge in [0, 0.05) is 36.9 Å². The number of aromatic nitrogens is 2. The zero-order valence-corrected chi connectivity index (χ0v) is 7.63. The van der Waals surface area contributed by atoms with Gasteiger partial charge in [0.1, 0.15) is 0 Å². The Morgan fingerprint density at radius 3 is 2.71 bits per heavy atom. The summed E-state index contributed by atoms with van der Waals surface area (Å²) in [5.41, 5.74) is 1.88. The predicted octanol–water partition coefficient (Wildman–Crippen LogP) is 1.74. The second kappa shape index (κ2) is 3.87. The molecule has 2 rings (SSSR count). The molecule has 70 valence electrons. The van der Waals surface area contributed by atoms with Crippen LogP contribution in [0.5, 0.6) is 0 Å². The lowest BCUT2D eigenvalue weighted by atomic mass is 10.3. The number of hydrogen-bond acceptors (Lipinski definition) is 2. The van der Waals surface area contributed by atoms with Crippen molar-refractivity contribution in [3.8, 4) is 0 Å².